The summed E-state index contributed by atoms with van der Waals surface area (Å²) in [6.07, 6.45) is 3.25. The third kappa shape index (κ3) is 6.19. The number of hydrogen-bond donors (Lipinski definition) is 2. The van der Waals surface area contributed by atoms with Crippen LogP contribution in [0.25, 0.3) is 11.0 Å². The zero-order valence-corrected chi connectivity index (χ0v) is 18.7. The molecule has 2 aromatic heterocycles. The van der Waals surface area contributed by atoms with Crippen molar-refractivity contribution >= 4 is 34.5 Å². The molecule has 1 aromatic carbocycles. The third-order valence-electron chi connectivity index (χ3n) is 4.44. The molecule has 1 amide bonds. The van der Waals surface area contributed by atoms with Gasteiger partial charge in [0.1, 0.15) is 5.82 Å². The number of amides is 1. The van der Waals surface area contributed by atoms with Crippen LogP contribution in [-0.4, -0.2) is 44.5 Å². The molecular formula is C22H30N6OS. The maximum atomic E-state index is 12.2. The lowest BCUT2D eigenvalue weighted by Gasteiger charge is -2.11. The molecule has 8 heteroatoms. The van der Waals surface area contributed by atoms with Crippen LogP contribution in [0.4, 0.5) is 5.82 Å². The van der Waals surface area contributed by atoms with Crippen LogP contribution in [0.5, 0.6) is 0 Å². The van der Waals surface area contributed by atoms with E-state index in [-0.39, 0.29) is 5.91 Å². The number of nitrogens with zero attached hydrogens (tertiary/aromatic N) is 4. The number of carbonyl (C=O) groups is 1. The molecule has 0 spiro atoms. The highest BCUT2D eigenvalue weighted by atomic mass is 32.2. The van der Waals surface area contributed by atoms with E-state index in [1.807, 2.05) is 35.0 Å². The summed E-state index contributed by atoms with van der Waals surface area (Å²) >= 11 is 1.65. The van der Waals surface area contributed by atoms with Gasteiger partial charge < -0.3 is 10.6 Å². The number of carbonyl (C=O) groups excluding carboxylic acids is 1. The van der Waals surface area contributed by atoms with E-state index in [2.05, 4.69) is 36.5 Å². The first-order chi connectivity index (χ1) is 14.6. The van der Waals surface area contributed by atoms with Gasteiger partial charge in [-0.15, -0.1) is 0 Å². The zero-order chi connectivity index (χ0) is 21.3. The van der Waals surface area contributed by atoms with Crippen LogP contribution in [0.3, 0.4) is 0 Å². The Morgan fingerprint density at radius 2 is 2.00 bits per heavy atom. The molecule has 160 valence electrons. The highest BCUT2D eigenvalue weighted by Gasteiger charge is 2.14. The van der Waals surface area contributed by atoms with Crippen molar-refractivity contribution in [3.63, 3.8) is 0 Å². The minimum Gasteiger partial charge on any atom is -0.369 e. The molecule has 0 saturated heterocycles. The topological polar surface area (TPSA) is 84.7 Å². The molecule has 0 aliphatic heterocycles. The van der Waals surface area contributed by atoms with Crippen molar-refractivity contribution in [2.75, 3.05) is 24.2 Å². The molecular weight excluding hydrogens is 396 g/mol. The molecule has 0 aliphatic rings. The molecule has 0 radical (unpaired) electrons. The second-order valence-corrected chi connectivity index (χ2v) is 8.66. The van der Waals surface area contributed by atoms with E-state index in [1.165, 1.54) is 0 Å². The summed E-state index contributed by atoms with van der Waals surface area (Å²) in [6.45, 7) is 8.37. The SMILES string of the molecule is CCCSc1nc(NCC(C)C)c2cnn(CCNC(=O)Cc3ccccc3)c2n1. The molecule has 2 heterocycles. The van der Waals surface area contributed by atoms with E-state index >= 15 is 0 Å². The Balaban J connectivity index is 1.68. The molecule has 0 fully saturated rings. The molecule has 0 aliphatic carbocycles. The molecule has 3 rings (SSSR count). The van der Waals surface area contributed by atoms with Gasteiger partial charge in [-0.3, -0.25) is 4.79 Å². The molecule has 0 atom stereocenters. The maximum absolute atomic E-state index is 12.2. The Labute approximate surface area is 182 Å². The molecule has 0 saturated carbocycles. The van der Waals surface area contributed by atoms with Gasteiger partial charge in [0.25, 0.3) is 0 Å². The van der Waals surface area contributed by atoms with Gasteiger partial charge >= 0.3 is 0 Å². The highest BCUT2D eigenvalue weighted by Crippen LogP contribution is 2.25. The van der Waals surface area contributed by atoms with E-state index < -0.39 is 0 Å². The van der Waals surface area contributed by atoms with E-state index in [4.69, 9.17) is 9.97 Å². The molecule has 3 aromatic rings. The minimum absolute atomic E-state index is 0.00534. The third-order valence-corrected chi connectivity index (χ3v) is 5.50. The predicted molar refractivity (Wildman–Crippen MR) is 123 cm³/mol. The van der Waals surface area contributed by atoms with Crippen molar-refractivity contribution in [2.45, 2.75) is 45.3 Å². The summed E-state index contributed by atoms with van der Waals surface area (Å²) in [6, 6.07) is 9.75. The van der Waals surface area contributed by atoms with Crippen LogP contribution in [0.2, 0.25) is 0 Å². The second kappa shape index (κ2) is 11.0. The first-order valence-corrected chi connectivity index (χ1v) is 11.5. The lowest BCUT2D eigenvalue weighted by Crippen LogP contribution is -2.28. The number of thioether (sulfide) groups is 1. The number of fused-ring (bicyclic) bond motifs is 1. The van der Waals surface area contributed by atoms with Gasteiger partial charge in [-0.2, -0.15) is 5.10 Å². The largest absolute Gasteiger partial charge is 0.369 e. The average molecular weight is 427 g/mol. The van der Waals surface area contributed by atoms with Crippen molar-refractivity contribution in [1.82, 2.24) is 25.1 Å². The average Bonchev–Trinajstić information content (AvgIpc) is 3.14. The Bertz CT molecular complexity index is 957. The van der Waals surface area contributed by atoms with Gasteiger partial charge in [0, 0.05) is 18.8 Å². The number of anilines is 1. The highest BCUT2D eigenvalue weighted by molar-refractivity contribution is 7.99. The summed E-state index contributed by atoms with van der Waals surface area (Å²) in [5.74, 6) is 2.31. The molecule has 7 nitrogen and oxygen atoms in total. The number of hydrogen-bond acceptors (Lipinski definition) is 6. The quantitative estimate of drug-likeness (QED) is 0.359. The smallest absolute Gasteiger partial charge is 0.224 e. The Morgan fingerprint density at radius 3 is 2.73 bits per heavy atom. The van der Waals surface area contributed by atoms with Crippen molar-refractivity contribution in [1.29, 1.82) is 0 Å². The lowest BCUT2D eigenvalue weighted by atomic mass is 10.1. The fraction of sp³-hybridized carbons (Fsp3) is 0.455. The van der Waals surface area contributed by atoms with Crippen molar-refractivity contribution < 1.29 is 4.79 Å². The first-order valence-electron chi connectivity index (χ1n) is 10.5. The van der Waals surface area contributed by atoms with Crippen LogP contribution in [0, 0.1) is 5.92 Å². The Hall–Kier alpha value is -2.61. The standard InChI is InChI=1S/C22H30N6OS/c1-4-12-30-22-26-20(24-14-16(2)3)18-15-25-28(21(18)27-22)11-10-23-19(29)13-17-8-6-5-7-9-17/h5-9,15-16H,4,10-14H2,1-3H3,(H,23,29)(H,24,26,27). The Morgan fingerprint density at radius 1 is 1.20 bits per heavy atom. The van der Waals surface area contributed by atoms with E-state index in [0.29, 0.717) is 25.4 Å². The summed E-state index contributed by atoms with van der Waals surface area (Å²) < 4.78 is 1.84. The van der Waals surface area contributed by atoms with Crippen molar-refractivity contribution in [2.24, 2.45) is 5.92 Å². The summed E-state index contributed by atoms with van der Waals surface area (Å²) in [7, 11) is 0. The van der Waals surface area contributed by atoms with E-state index in [1.54, 1.807) is 18.0 Å². The summed E-state index contributed by atoms with van der Waals surface area (Å²) in [4.78, 5) is 21.6. The predicted octanol–water partition coefficient (Wildman–Crippen LogP) is 3.76. The minimum atomic E-state index is 0.00534. The van der Waals surface area contributed by atoms with Crippen molar-refractivity contribution in [3.8, 4) is 0 Å². The first kappa shape index (κ1) is 22.1. The number of rotatable bonds is 11. The van der Waals surface area contributed by atoms with Crippen LogP contribution in [0.15, 0.2) is 41.7 Å². The van der Waals surface area contributed by atoms with Crippen LogP contribution < -0.4 is 10.6 Å². The van der Waals surface area contributed by atoms with Gasteiger partial charge in [-0.25, -0.2) is 14.6 Å². The number of aromatic nitrogens is 4. The molecule has 2 N–H and O–H groups in total. The van der Waals surface area contributed by atoms with E-state index in [9.17, 15) is 4.79 Å². The second-order valence-electron chi connectivity index (χ2n) is 7.60. The summed E-state index contributed by atoms with van der Waals surface area (Å²) in [5.41, 5.74) is 1.80. The van der Waals surface area contributed by atoms with Gasteiger partial charge in [-0.1, -0.05) is 62.9 Å². The monoisotopic (exact) mass is 426 g/mol. The maximum Gasteiger partial charge on any atom is 0.224 e. The van der Waals surface area contributed by atoms with Gasteiger partial charge in [0.05, 0.1) is 24.5 Å². The normalized spacial score (nSPS) is 11.2. The van der Waals surface area contributed by atoms with E-state index in [0.717, 1.165) is 46.3 Å². The molecule has 30 heavy (non-hydrogen) atoms. The molecule has 0 bridgehead atoms. The van der Waals surface area contributed by atoms with Crippen LogP contribution in [0.1, 0.15) is 32.8 Å². The number of benzene rings is 1. The molecule has 0 unspecified atom stereocenters. The van der Waals surface area contributed by atoms with Crippen molar-refractivity contribution in [3.05, 3.63) is 42.1 Å². The summed E-state index contributed by atoms with van der Waals surface area (Å²) in [5, 5.41) is 12.6. The van der Waals surface area contributed by atoms with Gasteiger partial charge in [0.15, 0.2) is 10.8 Å². The number of nitrogens with one attached hydrogen (secondary N) is 2. The zero-order valence-electron chi connectivity index (χ0n) is 17.9. The Kier molecular flexibility index (Phi) is 8.07. The van der Waals surface area contributed by atoms with Crippen LogP contribution in [-0.2, 0) is 17.8 Å². The fourth-order valence-corrected chi connectivity index (χ4v) is 3.63. The van der Waals surface area contributed by atoms with Crippen LogP contribution >= 0.6 is 11.8 Å². The van der Waals surface area contributed by atoms with Gasteiger partial charge in [-0.05, 0) is 17.9 Å². The fourth-order valence-electron chi connectivity index (χ4n) is 2.94. The lowest BCUT2D eigenvalue weighted by molar-refractivity contribution is -0.120. The van der Waals surface area contributed by atoms with Gasteiger partial charge in [0.2, 0.25) is 5.91 Å².